The van der Waals surface area contributed by atoms with Gasteiger partial charge in [-0.2, -0.15) is 0 Å². The first kappa shape index (κ1) is 11.0. The number of nitrogens with zero attached hydrogens (tertiary/aromatic N) is 1. The van der Waals surface area contributed by atoms with Crippen LogP contribution >= 0.6 is 15.9 Å². The lowest BCUT2D eigenvalue weighted by Gasteiger charge is -2.13. The zero-order valence-corrected chi connectivity index (χ0v) is 8.46. The van der Waals surface area contributed by atoms with Gasteiger partial charge < -0.3 is 5.11 Å². The molecule has 0 atom stereocenters. The molecule has 1 aromatic heterocycles. The molecule has 3 nitrogen and oxygen atoms in total. The molecule has 0 aliphatic rings. The second-order valence-electron chi connectivity index (χ2n) is 2.67. The maximum absolute atomic E-state index is 13.1. The zero-order chi connectivity index (χ0) is 10.8. The monoisotopic (exact) mass is 265 g/mol. The zero-order valence-electron chi connectivity index (χ0n) is 6.88. The van der Waals surface area contributed by atoms with Crippen LogP contribution in [0.1, 0.15) is 12.0 Å². The van der Waals surface area contributed by atoms with Crippen LogP contribution < -0.4 is 0 Å². The fourth-order valence-electron chi connectivity index (χ4n) is 0.904. The smallest absolute Gasteiger partial charge is 0.309 e. The predicted octanol–water partition coefficient (Wildman–Crippen LogP) is 2.41. The minimum absolute atomic E-state index is 0.389. The van der Waals surface area contributed by atoms with Crippen molar-refractivity contribution < 1.29 is 18.7 Å². The lowest BCUT2D eigenvalue weighted by molar-refractivity contribution is -0.145. The SMILES string of the molecule is O=C(O)CC(F)(F)c1cncc(Br)c1. The quantitative estimate of drug-likeness (QED) is 0.913. The van der Waals surface area contributed by atoms with Crippen LogP contribution in [0.3, 0.4) is 0 Å². The topological polar surface area (TPSA) is 50.2 Å². The summed E-state index contributed by atoms with van der Waals surface area (Å²) >= 11 is 2.98. The number of hydrogen-bond donors (Lipinski definition) is 1. The van der Waals surface area contributed by atoms with E-state index in [4.69, 9.17) is 5.11 Å². The lowest BCUT2D eigenvalue weighted by Crippen LogP contribution is -2.18. The molecule has 0 bridgehead atoms. The van der Waals surface area contributed by atoms with Crippen molar-refractivity contribution in [1.29, 1.82) is 0 Å². The van der Waals surface area contributed by atoms with Crippen molar-refractivity contribution in [3.63, 3.8) is 0 Å². The molecule has 0 saturated carbocycles. The van der Waals surface area contributed by atoms with Crippen molar-refractivity contribution in [3.8, 4) is 0 Å². The number of pyridine rings is 1. The normalized spacial score (nSPS) is 11.4. The van der Waals surface area contributed by atoms with E-state index in [2.05, 4.69) is 20.9 Å². The Morgan fingerprint density at radius 3 is 2.71 bits per heavy atom. The summed E-state index contributed by atoms with van der Waals surface area (Å²) in [4.78, 5) is 13.7. The number of rotatable bonds is 3. The number of carbonyl (C=O) groups is 1. The fourth-order valence-corrected chi connectivity index (χ4v) is 1.27. The molecule has 6 heteroatoms. The third kappa shape index (κ3) is 2.73. The second-order valence-corrected chi connectivity index (χ2v) is 3.58. The largest absolute Gasteiger partial charge is 0.481 e. The molecule has 0 saturated heterocycles. The van der Waals surface area contributed by atoms with Gasteiger partial charge in [0, 0.05) is 22.4 Å². The van der Waals surface area contributed by atoms with Crippen molar-refractivity contribution >= 4 is 21.9 Å². The minimum Gasteiger partial charge on any atom is -0.481 e. The molecular formula is C8H6BrF2NO2. The first-order valence-corrected chi connectivity index (χ1v) is 4.42. The third-order valence-corrected chi connectivity index (χ3v) is 1.93. The Balaban J connectivity index is 2.97. The lowest BCUT2D eigenvalue weighted by atomic mass is 10.1. The van der Waals surface area contributed by atoms with E-state index in [0.717, 1.165) is 12.3 Å². The van der Waals surface area contributed by atoms with Crippen LogP contribution in [0.4, 0.5) is 8.78 Å². The van der Waals surface area contributed by atoms with Gasteiger partial charge in [-0.15, -0.1) is 0 Å². The van der Waals surface area contributed by atoms with Crippen LogP contribution in [-0.4, -0.2) is 16.1 Å². The van der Waals surface area contributed by atoms with Crippen molar-refractivity contribution in [2.45, 2.75) is 12.3 Å². The molecule has 0 spiro atoms. The Bertz CT molecular complexity index is 357. The van der Waals surface area contributed by atoms with E-state index in [0.29, 0.717) is 4.47 Å². The Morgan fingerprint density at radius 2 is 2.21 bits per heavy atom. The van der Waals surface area contributed by atoms with Gasteiger partial charge in [0.2, 0.25) is 0 Å². The van der Waals surface area contributed by atoms with Crippen molar-refractivity contribution in [3.05, 3.63) is 28.5 Å². The van der Waals surface area contributed by atoms with Gasteiger partial charge in [0.15, 0.2) is 0 Å². The highest BCUT2D eigenvalue weighted by Gasteiger charge is 2.35. The molecule has 0 amide bonds. The van der Waals surface area contributed by atoms with Gasteiger partial charge in [0.25, 0.3) is 5.92 Å². The molecule has 1 heterocycles. The third-order valence-electron chi connectivity index (χ3n) is 1.50. The maximum atomic E-state index is 13.1. The Labute approximate surface area is 86.9 Å². The van der Waals surface area contributed by atoms with Gasteiger partial charge in [-0.05, 0) is 22.0 Å². The van der Waals surface area contributed by atoms with Gasteiger partial charge in [0.1, 0.15) is 6.42 Å². The number of halogens is 3. The molecule has 1 rings (SSSR count). The van der Waals surface area contributed by atoms with E-state index in [-0.39, 0.29) is 0 Å². The molecule has 0 aromatic carbocycles. The molecule has 1 N–H and O–H groups in total. The average Bonchev–Trinajstić information content (AvgIpc) is 2.01. The van der Waals surface area contributed by atoms with E-state index in [9.17, 15) is 13.6 Å². The predicted molar refractivity (Wildman–Crippen MR) is 48.1 cm³/mol. The summed E-state index contributed by atoms with van der Waals surface area (Å²) in [5.74, 6) is -4.93. The van der Waals surface area contributed by atoms with E-state index < -0.39 is 23.9 Å². The molecule has 1 aromatic rings. The van der Waals surface area contributed by atoms with Crippen LogP contribution in [0.2, 0.25) is 0 Å². The van der Waals surface area contributed by atoms with Crippen molar-refractivity contribution in [2.24, 2.45) is 0 Å². The van der Waals surface area contributed by atoms with Gasteiger partial charge in [0.05, 0.1) is 0 Å². The first-order chi connectivity index (χ1) is 6.42. The number of carboxylic acids is 1. The highest BCUT2D eigenvalue weighted by atomic mass is 79.9. The summed E-state index contributed by atoms with van der Waals surface area (Å²) in [7, 11) is 0. The van der Waals surface area contributed by atoms with Crippen LogP contribution in [0, 0.1) is 0 Å². The van der Waals surface area contributed by atoms with E-state index >= 15 is 0 Å². The van der Waals surface area contributed by atoms with Crippen LogP contribution in [-0.2, 0) is 10.7 Å². The van der Waals surface area contributed by atoms with Gasteiger partial charge >= 0.3 is 5.97 Å². The van der Waals surface area contributed by atoms with E-state index in [1.807, 2.05) is 0 Å². The minimum atomic E-state index is -3.39. The summed E-state index contributed by atoms with van der Waals surface area (Å²) in [6, 6.07) is 1.15. The molecule has 0 aliphatic carbocycles. The standard InChI is InChI=1S/C8H6BrF2NO2/c9-6-1-5(3-12-4-6)8(10,11)2-7(13)14/h1,3-4H,2H2,(H,13,14). The fraction of sp³-hybridized carbons (Fsp3) is 0.250. The molecular weight excluding hydrogens is 260 g/mol. The number of hydrogen-bond acceptors (Lipinski definition) is 2. The Morgan fingerprint density at radius 1 is 1.57 bits per heavy atom. The van der Waals surface area contributed by atoms with Crippen LogP contribution in [0.25, 0.3) is 0 Å². The number of aliphatic carboxylic acids is 1. The van der Waals surface area contributed by atoms with Crippen molar-refractivity contribution in [1.82, 2.24) is 4.98 Å². The maximum Gasteiger partial charge on any atom is 0.309 e. The molecule has 0 unspecified atom stereocenters. The summed E-state index contributed by atoms with van der Waals surface area (Å²) < 4.78 is 26.7. The molecule has 14 heavy (non-hydrogen) atoms. The summed E-state index contributed by atoms with van der Waals surface area (Å²) in [6.07, 6.45) is 1.07. The molecule has 0 fully saturated rings. The summed E-state index contributed by atoms with van der Waals surface area (Å²) in [5.41, 5.74) is -0.408. The highest BCUT2D eigenvalue weighted by molar-refractivity contribution is 9.10. The highest BCUT2D eigenvalue weighted by Crippen LogP contribution is 2.32. The molecule has 76 valence electrons. The van der Waals surface area contributed by atoms with Crippen LogP contribution in [0.15, 0.2) is 22.9 Å². The molecule has 0 aliphatic heterocycles. The van der Waals surface area contributed by atoms with Gasteiger partial charge in [-0.25, -0.2) is 8.78 Å². The first-order valence-electron chi connectivity index (χ1n) is 3.62. The number of alkyl halides is 2. The van der Waals surface area contributed by atoms with Gasteiger partial charge in [-0.3, -0.25) is 9.78 Å². The van der Waals surface area contributed by atoms with E-state index in [1.54, 1.807) is 0 Å². The van der Waals surface area contributed by atoms with Crippen molar-refractivity contribution in [2.75, 3.05) is 0 Å². The Hall–Kier alpha value is -1.04. The molecule has 0 radical (unpaired) electrons. The van der Waals surface area contributed by atoms with Gasteiger partial charge in [-0.1, -0.05) is 0 Å². The number of aromatic nitrogens is 1. The summed E-state index contributed by atoms with van der Waals surface area (Å²) in [5, 5.41) is 8.27. The van der Waals surface area contributed by atoms with E-state index in [1.165, 1.54) is 6.20 Å². The number of carboxylic acid groups (broad SMARTS) is 1. The van der Waals surface area contributed by atoms with Crippen LogP contribution in [0.5, 0.6) is 0 Å². The second kappa shape index (κ2) is 4.00. The average molecular weight is 266 g/mol. The summed E-state index contributed by atoms with van der Waals surface area (Å²) in [6.45, 7) is 0. The Kier molecular flexibility index (Phi) is 3.15.